The average molecular weight is 294 g/mol. The summed E-state index contributed by atoms with van der Waals surface area (Å²) >= 11 is 6.21. The number of furan rings is 1. The minimum atomic E-state index is 0.134. The van der Waals surface area contributed by atoms with E-state index in [1.807, 2.05) is 18.2 Å². The van der Waals surface area contributed by atoms with Gasteiger partial charge in [0.2, 0.25) is 0 Å². The predicted octanol–water partition coefficient (Wildman–Crippen LogP) is 5.56. The number of rotatable bonds is 6. The van der Waals surface area contributed by atoms with E-state index in [1.165, 1.54) is 0 Å². The van der Waals surface area contributed by atoms with E-state index in [0.717, 1.165) is 36.1 Å². The van der Waals surface area contributed by atoms with Crippen molar-refractivity contribution in [1.82, 2.24) is 5.32 Å². The second-order valence-electron chi connectivity index (χ2n) is 6.04. The van der Waals surface area contributed by atoms with Gasteiger partial charge in [0.1, 0.15) is 5.76 Å². The van der Waals surface area contributed by atoms with Gasteiger partial charge in [0.25, 0.3) is 0 Å². The van der Waals surface area contributed by atoms with E-state index in [-0.39, 0.29) is 11.5 Å². The van der Waals surface area contributed by atoms with Crippen molar-refractivity contribution in [1.29, 1.82) is 0 Å². The van der Waals surface area contributed by atoms with Gasteiger partial charge in [-0.3, -0.25) is 0 Å². The highest BCUT2D eigenvalue weighted by molar-refractivity contribution is 6.34. The molecule has 20 heavy (non-hydrogen) atoms. The number of nitrogens with one attached hydrogen (secondary N) is 1. The summed E-state index contributed by atoms with van der Waals surface area (Å²) < 4.78 is 6.05. The zero-order valence-corrected chi connectivity index (χ0v) is 13.6. The maximum absolute atomic E-state index is 6.21. The fourth-order valence-corrected chi connectivity index (χ4v) is 2.66. The van der Waals surface area contributed by atoms with Gasteiger partial charge >= 0.3 is 0 Å². The summed E-state index contributed by atoms with van der Waals surface area (Å²) in [5.74, 6) is 0.980. The molecule has 1 N–H and O–H groups in total. The van der Waals surface area contributed by atoms with Crippen molar-refractivity contribution in [2.45, 2.75) is 46.6 Å². The second kappa shape index (κ2) is 6.19. The summed E-state index contributed by atoms with van der Waals surface area (Å²) in [6.07, 6.45) is 2.19. The Balaban J connectivity index is 2.42. The Kier molecular flexibility index (Phi) is 4.77. The van der Waals surface area contributed by atoms with Crippen molar-refractivity contribution in [3.05, 3.63) is 35.0 Å². The summed E-state index contributed by atoms with van der Waals surface area (Å²) in [4.78, 5) is 0. The highest BCUT2D eigenvalue weighted by Crippen LogP contribution is 2.39. The Hall–Kier alpha value is -0.990. The van der Waals surface area contributed by atoms with Crippen LogP contribution in [0.2, 0.25) is 5.02 Å². The normalized spacial score (nSPS) is 13.8. The van der Waals surface area contributed by atoms with Crippen molar-refractivity contribution >= 4 is 22.6 Å². The molecule has 0 fully saturated rings. The van der Waals surface area contributed by atoms with Gasteiger partial charge in [0, 0.05) is 5.39 Å². The number of hydrogen-bond donors (Lipinski definition) is 1. The predicted molar refractivity (Wildman–Crippen MR) is 86.3 cm³/mol. The van der Waals surface area contributed by atoms with Crippen LogP contribution in [0.1, 0.15) is 52.3 Å². The quantitative estimate of drug-likeness (QED) is 0.754. The van der Waals surface area contributed by atoms with Gasteiger partial charge in [-0.05, 0) is 36.9 Å². The van der Waals surface area contributed by atoms with E-state index >= 15 is 0 Å². The van der Waals surface area contributed by atoms with E-state index in [0.29, 0.717) is 5.02 Å². The van der Waals surface area contributed by atoms with E-state index in [1.54, 1.807) is 0 Å². The van der Waals surface area contributed by atoms with Crippen molar-refractivity contribution < 1.29 is 4.42 Å². The fourth-order valence-electron chi connectivity index (χ4n) is 2.44. The minimum Gasteiger partial charge on any atom is -0.458 e. The van der Waals surface area contributed by atoms with Gasteiger partial charge in [0.05, 0.1) is 11.1 Å². The van der Waals surface area contributed by atoms with E-state index < -0.39 is 0 Å². The lowest BCUT2D eigenvalue weighted by molar-refractivity contribution is 0.209. The molecule has 0 spiro atoms. The maximum Gasteiger partial charge on any atom is 0.152 e. The van der Waals surface area contributed by atoms with Crippen LogP contribution in [0.3, 0.4) is 0 Å². The first-order valence-electron chi connectivity index (χ1n) is 7.41. The fraction of sp³-hybridized carbons (Fsp3) is 0.529. The SMILES string of the molecule is CCCNC(c1cc2cccc(Cl)c2o1)C(C)(C)CC. The summed E-state index contributed by atoms with van der Waals surface area (Å²) in [5, 5.41) is 5.37. The number of benzene rings is 1. The van der Waals surface area contributed by atoms with E-state index in [2.05, 4.69) is 39.1 Å². The third-order valence-corrected chi connectivity index (χ3v) is 4.39. The summed E-state index contributed by atoms with van der Waals surface area (Å²) in [7, 11) is 0. The Bertz CT molecular complexity index is 573. The zero-order valence-electron chi connectivity index (χ0n) is 12.8. The van der Waals surface area contributed by atoms with Crippen LogP contribution in [0.5, 0.6) is 0 Å². The molecule has 0 aliphatic heterocycles. The Morgan fingerprint density at radius 1 is 1.30 bits per heavy atom. The monoisotopic (exact) mass is 293 g/mol. The molecule has 3 heteroatoms. The third-order valence-electron chi connectivity index (χ3n) is 4.09. The largest absolute Gasteiger partial charge is 0.458 e. The molecule has 0 saturated heterocycles. The molecule has 0 saturated carbocycles. The van der Waals surface area contributed by atoms with Crippen LogP contribution in [-0.4, -0.2) is 6.54 Å². The second-order valence-corrected chi connectivity index (χ2v) is 6.44. The van der Waals surface area contributed by atoms with Crippen LogP contribution < -0.4 is 5.32 Å². The van der Waals surface area contributed by atoms with Gasteiger partial charge < -0.3 is 9.73 Å². The lowest BCUT2D eigenvalue weighted by atomic mass is 9.80. The number of fused-ring (bicyclic) bond motifs is 1. The molecule has 1 aromatic carbocycles. The molecule has 0 aliphatic carbocycles. The smallest absolute Gasteiger partial charge is 0.152 e. The molecule has 0 aliphatic rings. The van der Waals surface area contributed by atoms with Crippen molar-refractivity contribution in [2.24, 2.45) is 5.41 Å². The summed E-state index contributed by atoms with van der Waals surface area (Å²) in [6.45, 7) is 9.93. The topological polar surface area (TPSA) is 25.2 Å². The number of halogens is 1. The van der Waals surface area contributed by atoms with Crippen LogP contribution in [0.15, 0.2) is 28.7 Å². The van der Waals surface area contributed by atoms with Gasteiger partial charge in [-0.15, -0.1) is 0 Å². The lowest BCUT2D eigenvalue weighted by Gasteiger charge is -2.32. The molecule has 2 aromatic rings. The molecule has 1 aromatic heterocycles. The average Bonchev–Trinajstić information content (AvgIpc) is 2.84. The molecular weight excluding hydrogens is 270 g/mol. The molecule has 0 amide bonds. The third kappa shape index (κ3) is 3.02. The van der Waals surface area contributed by atoms with Gasteiger partial charge in [0.15, 0.2) is 5.58 Å². The molecular formula is C17H24ClNO. The Labute approximate surface area is 126 Å². The molecule has 0 radical (unpaired) electrons. The van der Waals surface area contributed by atoms with Gasteiger partial charge in [-0.25, -0.2) is 0 Å². The number of hydrogen-bond acceptors (Lipinski definition) is 2. The molecule has 2 nitrogen and oxygen atoms in total. The zero-order chi connectivity index (χ0) is 14.8. The standard InChI is InChI=1S/C17H24ClNO/c1-5-10-19-16(17(3,4)6-2)14-11-12-8-7-9-13(18)15(12)20-14/h7-9,11,16,19H,5-6,10H2,1-4H3. The van der Waals surface area contributed by atoms with E-state index in [9.17, 15) is 0 Å². The minimum absolute atomic E-state index is 0.134. The first-order chi connectivity index (χ1) is 9.49. The van der Waals surface area contributed by atoms with E-state index in [4.69, 9.17) is 16.0 Å². The first-order valence-corrected chi connectivity index (χ1v) is 7.78. The van der Waals surface area contributed by atoms with Gasteiger partial charge in [-0.2, -0.15) is 0 Å². The van der Waals surface area contributed by atoms with Crippen molar-refractivity contribution in [3.8, 4) is 0 Å². The summed E-state index contributed by atoms with van der Waals surface area (Å²) in [5.41, 5.74) is 0.926. The van der Waals surface area contributed by atoms with Crippen LogP contribution >= 0.6 is 11.6 Å². The molecule has 1 atom stereocenters. The van der Waals surface area contributed by atoms with Crippen LogP contribution in [0.25, 0.3) is 11.0 Å². The molecule has 1 unspecified atom stereocenters. The Morgan fingerprint density at radius 2 is 2.05 bits per heavy atom. The van der Waals surface area contributed by atoms with Crippen molar-refractivity contribution in [3.63, 3.8) is 0 Å². The molecule has 0 bridgehead atoms. The van der Waals surface area contributed by atoms with Gasteiger partial charge in [-0.1, -0.05) is 51.4 Å². The molecule has 2 rings (SSSR count). The Morgan fingerprint density at radius 3 is 2.65 bits per heavy atom. The first kappa shape index (κ1) is 15.4. The van der Waals surface area contributed by atoms with Crippen LogP contribution in [0, 0.1) is 5.41 Å². The maximum atomic E-state index is 6.21. The highest BCUT2D eigenvalue weighted by atomic mass is 35.5. The number of para-hydroxylation sites is 1. The van der Waals surface area contributed by atoms with Crippen molar-refractivity contribution in [2.75, 3.05) is 6.54 Å². The lowest BCUT2D eigenvalue weighted by Crippen LogP contribution is -2.34. The highest BCUT2D eigenvalue weighted by Gasteiger charge is 2.31. The molecule has 1 heterocycles. The van der Waals surface area contributed by atoms with Crippen LogP contribution in [-0.2, 0) is 0 Å². The van der Waals surface area contributed by atoms with Crippen LogP contribution in [0.4, 0.5) is 0 Å². The molecule has 110 valence electrons. The summed E-state index contributed by atoms with van der Waals surface area (Å²) in [6, 6.07) is 8.20.